The normalized spacial score (nSPS) is 37.7. The SMILES string of the molecule is CCC1(CNC2CC(O)C2(C)C)CC1. The summed E-state index contributed by atoms with van der Waals surface area (Å²) >= 11 is 0. The number of hydrogen-bond acceptors (Lipinski definition) is 2. The summed E-state index contributed by atoms with van der Waals surface area (Å²) in [6.07, 6.45) is 4.93. The van der Waals surface area contributed by atoms with Crippen molar-refractivity contribution in [3.8, 4) is 0 Å². The van der Waals surface area contributed by atoms with E-state index >= 15 is 0 Å². The summed E-state index contributed by atoms with van der Waals surface area (Å²) < 4.78 is 0. The Hall–Kier alpha value is -0.0800. The fraction of sp³-hybridized carbons (Fsp3) is 1.00. The van der Waals surface area contributed by atoms with Crippen molar-refractivity contribution >= 4 is 0 Å². The molecule has 2 atom stereocenters. The van der Waals surface area contributed by atoms with E-state index in [-0.39, 0.29) is 11.5 Å². The van der Waals surface area contributed by atoms with Crippen molar-refractivity contribution in [2.75, 3.05) is 6.54 Å². The van der Waals surface area contributed by atoms with Gasteiger partial charge in [-0.05, 0) is 31.1 Å². The minimum Gasteiger partial charge on any atom is -0.392 e. The van der Waals surface area contributed by atoms with Gasteiger partial charge in [0.25, 0.3) is 0 Å². The predicted molar refractivity (Wildman–Crippen MR) is 58.2 cm³/mol. The third kappa shape index (κ3) is 1.59. The van der Waals surface area contributed by atoms with Crippen molar-refractivity contribution in [1.29, 1.82) is 0 Å². The first kappa shape index (κ1) is 10.4. The zero-order valence-corrected chi connectivity index (χ0v) is 9.64. The Bertz CT molecular complexity index is 220. The molecule has 2 N–H and O–H groups in total. The monoisotopic (exact) mass is 197 g/mol. The molecular formula is C12H23NO. The highest BCUT2D eigenvalue weighted by molar-refractivity contribution is 5.03. The Morgan fingerprint density at radius 1 is 1.36 bits per heavy atom. The number of hydrogen-bond donors (Lipinski definition) is 2. The standard InChI is InChI=1S/C12H23NO/c1-4-12(5-6-12)8-13-9-7-10(14)11(9,2)3/h9-10,13-14H,4-8H2,1-3H3. The van der Waals surface area contributed by atoms with Crippen LogP contribution in [0.25, 0.3) is 0 Å². The van der Waals surface area contributed by atoms with Gasteiger partial charge in [0.1, 0.15) is 0 Å². The van der Waals surface area contributed by atoms with Crippen LogP contribution in [0.1, 0.15) is 46.5 Å². The smallest absolute Gasteiger partial charge is 0.0621 e. The van der Waals surface area contributed by atoms with Crippen molar-refractivity contribution in [2.45, 2.75) is 58.6 Å². The van der Waals surface area contributed by atoms with Gasteiger partial charge in [0.2, 0.25) is 0 Å². The van der Waals surface area contributed by atoms with E-state index in [1.54, 1.807) is 0 Å². The largest absolute Gasteiger partial charge is 0.392 e. The lowest BCUT2D eigenvalue weighted by molar-refractivity contribution is -0.0736. The number of nitrogens with one attached hydrogen (secondary N) is 1. The molecule has 0 amide bonds. The van der Waals surface area contributed by atoms with Gasteiger partial charge >= 0.3 is 0 Å². The van der Waals surface area contributed by atoms with E-state index in [2.05, 4.69) is 26.1 Å². The maximum Gasteiger partial charge on any atom is 0.0621 e. The van der Waals surface area contributed by atoms with E-state index in [0.717, 1.165) is 13.0 Å². The molecule has 14 heavy (non-hydrogen) atoms. The Morgan fingerprint density at radius 3 is 2.36 bits per heavy atom. The molecular weight excluding hydrogens is 174 g/mol. The van der Waals surface area contributed by atoms with Gasteiger partial charge in [-0.25, -0.2) is 0 Å². The molecule has 0 heterocycles. The van der Waals surface area contributed by atoms with Gasteiger partial charge in [0, 0.05) is 18.0 Å². The molecule has 2 aliphatic carbocycles. The minimum atomic E-state index is -0.100. The lowest BCUT2D eigenvalue weighted by Gasteiger charge is -2.50. The lowest BCUT2D eigenvalue weighted by atomic mass is 9.64. The molecule has 0 spiro atoms. The quantitative estimate of drug-likeness (QED) is 0.721. The average molecular weight is 197 g/mol. The van der Waals surface area contributed by atoms with Crippen molar-refractivity contribution in [2.24, 2.45) is 10.8 Å². The zero-order chi connectivity index (χ0) is 10.4. The highest BCUT2D eigenvalue weighted by atomic mass is 16.3. The van der Waals surface area contributed by atoms with Crippen molar-refractivity contribution in [1.82, 2.24) is 5.32 Å². The fourth-order valence-corrected chi connectivity index (χ4v) is 2.42. The summed E-state index contributed by atoms with van der Waals surface area (Å²) in [5, 5.41) is 13.2. The molecule has 0 saturated heterocycles. The van der Waals surface area contributed by atoms with Gasteiger partial charge in [-0.3, -0.25) is 0 Å². The van der Waals surface area contributed by atoms with E-state index in [0.29, 0.717) is 11.5 Å². The average Bonchev–Trinajstić information content (AvgIpc) is 2.93. The Kier molecular flexibility index (Phi) is 2.39. The predicted octanol–water partition coefficient (Wildman–Crippen LogP) is 1.93. The van der Waals surface area contributed by atoms with Gasteiger partial charge in [-0.1, -0.05) is 20.8 Å². The van der Waals surface area contributed by atoms with Crippen LogP contribution in [0.4, 0.5) is 0 Å². The summed E-state index contributed by atoms with van der Waals surface area (Å²) in [6, 6.07) is 0.529. The molecule has 0 bridgehead atoms. The van der Waals surface area contributed by atoms with Crippen LogP contribution in [-0.4, -0.2) is 23.8 Å². The van der Waals surface area contributed by atoms with Crippen LogP contribution in [0.2, 0.25) is 0 Å². The topological polar surface area (TPSA) is 32.3 Å². The molecule has 0 aliphatic heterocycles. The van der Waals surface area contributed by atoms with Crippen LogP contribution in [-0.2, 0) is 0 Å². The fourth-order valence-electron chi connectivity index (χ4n) is 2.42. The van der Waals surface area contributed by atoms with Gasteiger partial charge < -0.3 is 10.4 Å². The summed E-state index contributed by atoms with van der Waals surface area (Å²) in [7, 11) is 0. The molecule has 2 saturated carbocycles. The highest BCUT2D eigenvalue weighted by Crippen LogP contribution is 2.49. The van der Waals surface area contributed by atoms with Crippen molar-refractivity contribution in [3.63, 3.8) is 0 Å². The first-order valence-corrected chi connectivity index (χ1v) is 5.92. The van der Waals surface area contributed by atoms with Crippen LogP contribution in [0.15, 0.2) is 0 Å². The summed E-state index contributed by atoms with van der Waals surface area (Å²) in [5.41, 5.74) is 0.709. The van der Waals surface area contributed by atoms with Crippen LogP contribution in [0.5, 0.6) is 0 Å². The third-order valence-corrected chi connectivity index (χ3v) is 4.65. The summed E-state index contributed by atoms with van der Waals surface area (Å²) in [4.78, 5) is 0. The van der Waals surface area contributed by atoms with Crippen molar-refractivity contribution in [3.05, 3.63) is 0 Å². The molecule has 2 rings (SSSR count). The van der Waals surface area contributed by atoms with Gasteiger partial charge in [0.15, 0.2) is 0 Å². The molecule has 0 aromatic rings. The van der Waals surface area contributed by atoms with E-state index in [1.807, 2.05) is 0 Å². The maximum atomic E-state index is 9.61. The van der Waals surface area contributed by atoms with Gasteiger partial charge in [-0.2, -0.15) is 0 Å². The Balaban J connectivity index is 1.77. The second-order valence-corrected chi connectivity index (χ2v) is 5.86. The molecule has 2 aliphatic rings. The van der Waals surface area contributed by atoms with Crippen LogP contribution in [0, 0.1) is 10.8 Å². The summed E-state index contributed by atoms with van der Waals surface area (Å²) in [5.74, 6) is 0. The molecule has 0 radical (unpaired) electrons. The molecule has 2 nitrogen and oxygen atoms in total. The van der Waals surface area contributed by atoms with E-state index < -0.39 is 0 Å². The second kappa shape index (κ2) is 3.21. The van der Waals surface area contributed by atoms with E-state index in [4.69, 9.17) is 0 Å². The number of aliphatic hydroxyl groups is 1. The Labute approximate surface area is 87.1 Å². The highest BCUT2D eigenvalue weighted by Gasteiger charge is 2.49. The van der Waals surface area contributed by atoms with Crippen LogP contribution < -0.4 is 5.32 Å². The molecule has 82 valence electrons. The van der Waals surface area contributed by atoms with Crippen LogP contribution >= 0.6 is 0 Å². The minimum absolute atomic E-state index is 0.0871. The van der Waals surface area contributed by atoms with E-state index in [1.165, 1.54) is 19.3 Å². The van der Waals surface area contributed by atoms with Gasteiger partial charge in [-0.15, -0.1) is 0 Å². The second-order valence-electron chi connectivity index (χ2n) is 5.86. The molecule has 2 heteroatoms. The van der Waals surface area contributed by atoms with E-state index in [9.17, 15) is 5.11 Å². The lowest BCUT2D eigenvalue weighted by Crippen LogP contribution is -2.60. The molecule has 2 unspecified atom stereocenters. The number of rotatable bonds is 4. The first-order chi connectivity index (χ1) is 6.50. The summed E-state index contributed by atoms with van der Waals surface area (Å²) in [6.45, 7) is 7.76. The molecule has 0 aromatic carbocycles. The first-order valence-electron chi connectivity index (χ1n) is 5.92. The van der Waals surface area contributed by atoms with Crippen molar-refractivity contribution < 1.29 is 5.11 Å². The number of aliphatic hydroxyl groups excluding tert-OH is 1. The Morgan fingerprint density at radius 2 is 2.00 bits per heavy atom. The third-order valence-electron chi connectivity index (χ3n) is 4.65. The van der Waals surface area contributed by atoms with Gasteiger partial charge in [0.05, 0.1) is 6.10 Å². The molecule has 0 aromatic heterocycles. The zero-order valence-electron chi connectivity index (χ0n) is 9.64. The molecule has 2 fully saturated rings. The van der Waals surface area contributed by atoms with Crippen LogP contribution in [0.3, 0.4) is 0 Å². The maximum absolute atomic E-state index is 9.61.